The van der Waals surface area contributed by atoms with Crippen molar-refractivity contribution in [3.8, 4) is 0 Å². The number of carbonyl (C=O) groups excluding carboxylic acids is 1. The minimum atomic E-state index is 0.0874. The van der Waals surface area contributed by atoms with Gasteiger partial charge in [0, 0.05) is 6.20 Å². The normalized spacial score (nSPS) is 36.0. The molecule has 0 radical (unpaired) electrons. The highest BCUT2D eigenvalue weighted by Gasteiger charge is 2.39. The van der Waals surface area contributed by atoms with Gasteiger partial charge in [-0.2, -0.15) is 0 Å². The first-order valence-corrected chi connectivity index (χ1v) is 4.53. The van der Waals surface area contributed by atoms with E-state index in [1.54, 1.807) is 16.7 Å². The molecule has 60 valence electrons. The summed E-state index contributed by atoms with van der Waals surface area (Å²) in [7, 11) is 0. The van der Waals surface area contributed by atoms with Crippen LogP contribution in [-0.4, -0.2) is 21.6 Å². The summed E-state index contributed by atoms with van der Waals surface area (Å²) in [6.45, 7) is 1.96. The van der Waals surface area contributed by atoms with E-state index in [1.807, 2.05) is 13.1 Å². The highest BCUT2D eigenvalue weighted by molar-refractivity contribution is 8.00. The molecular weight excluding hydrogens is 160 g/mol. The molecule has 1 amide bonds. The molecule has 3 nitrogen and oxygen atoms in total. The minimum absolute atomic E-state index is 0.0874. The lowest BCUT2D eigenvalue weighted by Crippen LogP contribution is -2.51. The Kier molecular flexibility index (Phi) is 1.47. The van der Waals surface area contributed by atoms with Gasteiger partial charge >= 0.3 is 0 Å². The molecule has 2 aliphatic rings. The van der Waals surface area contributed by atoms with E-state index in [4.69, 9.17) is 5.73 Å². The van der Waals surface area contributed by atoms with Crippen molar-refractivity contribution in [1.82, 2.24) is 4.90 Å². The summed E-state index contributed by atoms with van der Waals surface area (Å²) in [6, 6.07) is 0. The van der Waals surface area contributed by atoms with Gasteiger partial charge in [0.15, 0.2) is 0 Å². The number of thioether (sulfide) groups is 1. The molecule has 2 rings (SSSR count). The highest BCUT2D eigenvalue weighted by atomic mass is 32.2. The fourth-order valence-electron chi connectivity index (χ4n) is 1.24. The third-order valence-electron chi connectivity index (χ3n) is 2.04. The Bertz CT molecular complexity index is 239. The van der Waals surface area contributed by atoms with E-state index in [0.29, 0.717) is 11.8 Å². The van der Waals surface area contributed by atoms with Gasteiger partial charge in [-0.3, -0.25) is 4.79 Å². The van der Waals surface area contributed by atoms with Crippen LogP contribution < -0.4 is 5.73 Å². The predicted octanol–water partition coefficient (Wildman–Crippen LogP) is 0.480. The molecule has 0 aromatic heterocycles. The first-order chi connectivity index (χ1) is 5.18. The molecular formula is C7H10N2OS. The Morgan fingerprint density at radius 1 is 1.82 bits per heavy atom. The van der Waals surface area contributed by atoms with Gasteiger partial charge in [-0.15, -0.1) is 11.8 Å². The van der Waals surface area contributed by atoms with Crippen molar-refractivity contribution in [1.29, 1.82) is 0 Å². The number of carbonyl (C=O) groups is 1. The molecule has 0 aliphatic carbocycles. The number of amides is 1. The van der Waals surface area contributed by atoms with Crippen molar-refractivity contribution in [2.45, 2.75) is 24.1 Å². The second-order valence-corrected chi connectivity index (χ2v) is 4.21. The van der Waals surface area contributed by atoms with Crippen LogP contribution in [0.5, 0.6) is 0 Å². The Morgan fingerprint density at radius 2 is 2.55 bits per heavy atom. The Labute approximate surface area is 69.6 Å². The summed E-state index contributed by atoms with van der Waals surface area (Å²) in [5.41, 5.74) is 6.85. The van der Waals surface area contributed by atoms with E-state index in [1.165, 1.54) is 0 Å². The smallest absolute Gasteiger partial charge is 0.230 e. The number of rotatable bonds is 0. The molecule has 0 saturated carbocycles. The Morgan fingerprint density at radius 3 is 3.18 bits per heavy atom. The fourth-order valence-corrected chi connectivity index (χ4v) is 2.40. The number of hydrogen-bond donors (Lipinski definition) is 1. The molecule has 2 atom stereocenters. The zero-order chi connectivity index (χ0) is 8.01. The molecule has 0 aromatic carbocycles. The van der Waals surface area contributed by atoms with Crippen molar-refractivity contribution in [2.24, 2.45) is 5.73 Å². The SMILES string of the molecule is CC1=CN2C(=O)C[C@H]2SC1N. The van der Waals surface area contributed by atoms with Gasteiger partial charge in [0.05, 0.1) is 17.2 Å². The van der Waals surface area contributed by atoms with E-state index in [-0.39, 0.29) is 11.3 Å². The van der Waals surface area contributed by atoms with E-state index >= 15 is 0 Å². The average Bonchev–Trinajstić information content (AvgIpc) is 1.97. The van der Waals surface area contributed by atoms with Gasteiger partial charge in [-0.05, 0) is 12.5 Å². The number of nitrogens with zero attached hydrogens (tertiary/aromatic N) is 1. The van der Waals surface area contributed by atoms with Crippen LogP contribution in [0.2, 0.25) is 0 Å². The summed E-state index contributed by atoms with van der Waals surface area (Å²) >= 11 is 1.66. The van der Waals surface area contributed by atoms with Crippen LogP contribution in [0.1, 0.15) is 13.3 Å². The molecule has 11 heavy (non-hydrogen) atoms. The standard InChI is InChI=1S/C7H10N2OS/c1-4-3-9-5(10)2-6(9)11-7(4)8/h3,6-7H,2,8H2,1H3/t6-,7?/m1/s1. The van der Waals surface area contributed by atoms with Gasteiger partial charge in [0.25, 0.3) is 0 Å². The van der Waals surface area contributed by atoms with E-state index in [9.17, 15) is 4.79 Å². The quantitative estimate of drug-likeness (QED) is 0.538. The van der Waals surface area contributed by atoms with Crippen LogP contribution in [0.25, 0.3) is 0 Å². The van der Waals surface area contributed by atoms with Crippen LogP contribution in [0.3, 0.4) is 0 Å². The highest BCUT2D eigenvalue weighted by Crippen LogP contribution is 2.37. The number of hydrogen-bond acceptors (Lipinski definition) is 3. The molecule has 1 saturated heterocycles. The van der Waals surface area contributed by atoms with E-state index in [0.717, 1.165) is 5.57 Å². The molecule has 4 heteroatoms. The minimum Gasteiger partial charge on any atom is -0.316 e. The fraction of sp³-hybridized carbons (Fsp3) is 0.571. The lowest BCUT2D eigenvalue weighted by Gasteiger charge is -2.42. The van der Waals surface area contributed by atoms with Gasteiger partial charge in [0.2, 0.25) is 5.91 Å². The van der Waals surface area contributed by atoms with Gasteiger partial charge in [-0.25, -0.2) is 0 Å². The molecule has 1 fully saturated rings. The zero-order valence-electron chi connectivity index (χ0n) is 6.28. The predicted molar refractivity (Wildman–Crippen MR) is 44.6 cm³/mol. The van der Waals surface area contributed by atoms with Gasteiger partial charge in [0.1, 0.15) is 0 Å². The van der Waals surface area contributed by atoms with Crippen molar-refractivity contribution < 1.29 is 4.79 Å². The summed E-state index contributed by atoms with van der Waals surface area (Å²) in [5, 5.41) is 0.408. The molecule has 0 bridgehead atoms. The second-order valence-electron chi connectivity index (χ2n) is 2.89. The van der Waals surface area contributed by atoms with Crippen molar-refractivity contribution >= 4 is 17.7 Å². The largest absolute Gasteiger partial charge is 0.316 e. The molecule has 2 heterocycles. The number of fused-ring (bicyclic) bond motifs is 1. The topological polar surface area (TPSA) is 46.3 Å². The summed E-state index contributed by atoms with van der Waals surface area (Å²) in [4.78, 5) is 12.7. The molecule has 0 spiro atoms. The van der Waals surface area contributed by atoms with Gasteiger partial charge in [-0.1, -0.05) is 0 Å². The third-order valence-corrected chi connectivity index (χ3v) is 3.42. The molecule has 2 aliphatic heterocycles. The molecule has 1 unspecified atom stereocenters. The summed E-state index contributed by atoms with van der Waals surface area (Å²) < 4.78 is 0. The zero-order valence-corrected chi connectivity index (χ0v) is 7.10. The van der Waals surface area contributed by atoms with Crippen LogP contribution >= 0.6 is 11.8 Å². The lowest BCUT2D eigenvalue weighted by molar-refractivity contribution is -0.137. The third kappa shape index (κ3) is 0.973. The first kappa shape index (κ1) is 7.18. The average molecular weight is 170 g/mol. The first-order valence-electron chi connectivity index (χ1n) is 3.59. The summed E-state index contributed by atoms with van der Waals surface area (Å²) in [5.74, 6) is 0.216. The second kappa shape index (κ2) is 2.25. The van der Waals surface area contributed by atoms with Crippen molar-refractivity contribution in [2.75, 3.05) is 0 Å². The Hall–Kier alpha value is -0.480. The maximum atomic E-state index is 10.9. The summed E-state index contributed by atoms with van der Waals surface area (Å²) in [6.07, 6.45) is 2.53. The van der Waals surface area contributed by atoms with Crippen LogP contribution in [0, 0.1) is 0 Å². The number of β-lactam (4-membered cyclic amide) rings is 1. The van der Waals surface area contributed by atoms with E-state index < -0.39 is 0 Å². The van der Waals surface area contributed by atoms with E-state index in [2.05, 4.69) is 0 Å². The van der Waals surface area contributed by atoms with Crippen molar-refractivity contribution in [3.05, 3.63) is 11.8 Å². The lowest BCUT2D eigenvalue weighted by atomic mass is 10.2. The maximum Gasteiger partial charge on any atom is 0.230 e. The Balaban J connectivity index is 2.21. The van der Waals surface area contributed by atoms with Crippen LogP contribution in [-0.2, 0) is 4.79 Å². The number of nitrogens with two attached hydrogens (primary N) is 1. The van der Waals surface area contributed by atoms with Crippen molar-refractivity contribution in [3.63, 3.8) is 0 Å². The van der Waals surface area contributed by atoms with Crippen LogP contribution in [0.15, 0.2) is 11.8 Å². The maximum absolute atomic E-state index is 10.9. The molecule has 2 N–H and O–H groups in total. The van der Waals surface area contributed by atoms with Gasteiger partial charge < -0.3 is 10.6 Å². The monoisotopic (exact) mass is 170 g/mol. The molecule has 0 aromatic rings. The van der Waals surface area contributed by atoms with Crippen LogP contribution in [0.4, 0.5) is 0 Å².